The molecule has 3 saturated heterocycles. The van der Waals surface area contributed by atoms with E-state index in [0.29, 0.717) is 30.5 Å². The fourth-order valence-corrected chi connectivity index (χ4v) is 5.22. The van der Waals surface area contributed by atoms with Gasteiger partial charge in [0.15, 0.2) is 0 Å². The van der Waals surface area contributed by atoms with E-state index in [1.54, 1.807) is 0 Å². The van der Waals surface area contributed by atoms with Gasteiger partial charge < -0.3 is 15.2 Å². The normalized spacial score (nSPS) is 32.0. The van der Waals surface area contributed by atoms with Gasteiger partial charge in [-0.1, -0.05) is 26.0 Å². The minimum atomic E-state index is -0.796. The van der Waals surface area contributed by atoms with Gasteiger partial charge >= 0.3 is 5.97 Å². The molecule has 0 saturated carbocycles. The number of likely N-dealkylation sites (tertiary alicyclic amines) is 1. The van der Waals surface area contributed by atoms with Crippen LogP contribution in [-0.2, 0) is 9.53 Å². The number of carbonyl (C=O) groups excluding carboxylic acids is 1. The number of hydrogen-bond acceptors (Lipinski definition) is 4. The topological polar surface area (TPSA) is 78.9 Å². The molecule has 0 unspecified atom stereocenters. The van der Waals surface area contributed by atoms with E-state index in [2.05, 4.69) is 19.2 Å². The summed E-state index contributed by atoms with van der Waals surface area (Å²) in [5.41, 5.74) is 1.65. The molecule has 3 aliphatic rings. The van der Waals surface area contributed by atoms with Gasteiger partial charge in [0, 0.05) is 37.0 Å². The summed E-state index contributed by atoms with van der Waals surface area (Å²) < 4.78 is 6.31. The molecular formula is C21H28N2O4. The number of rotatable bonds is 6. The van der Waals surface area contributed by atoms with Crippen molar-refractivity contribution in [2.24, 2.45) is 11.8 Å². The summed E-state index contributed by atoms with van der Waals surface area (Å²) in [5.74, 6) is 0.105. The molecular weight excluding hydrogens is 344 g/mol. The van der Waals surface area contributed by atoms with Crippen molar-refractivity contribution in [2.45, 2.75) is 44.3 Å². The van der Waals surface area contributed by atoms with Crippen LogP contribution in [0.1, 0.15) is 48.5 Å². The fourth-order valence-electron chi connectivity index (χ4n) is 5.22. The van der Waals surface area contributed by atoms with Crippen molar-refractivity contribution in [3.63, 3.8) is 0 Å². The number of ether oxygens (including phenoxy) is 1. The van der Waals surface area contributed by atoms with Crippen molar-refractivity contribution >= 4 is 11.9 Å². The first-order valence-electron chi connectivity index (χ1n) is 9.88. The second-order valence-electron chi connectivity index (χ2n) is 8.58. The Balaban J connectivity index is 1.41. The molecule has 2 bridgehead atoms. The van der Waals surface area contributed by atoms with E-state index < -0.39 is 5.97 Å². The lowest BCUT2D eigenvalue weighted by Gasteiger charge is -2.29. The number of nitrogens with zero attached hydrogens (tertiary/aromatic N) is 1. The number of carbonyl (C=O) groups is 2. The highest BCUT2D eigenvalue weighted by Gasteiger charge is 2.62. The van der Waals surface area contributed by atoms with Crippen LogP contribution in [0.25, 0.3) is 0 Å². The van der Waals surface area contributed by atoms with E-state index in [4.69, 9.17) is 9.84 Å². The Kier molecular flexibility index (Phi) is 4.72. The van der Waals surface area contributed by atoms with Crippen molar-refractivity contribution in [1.82, 2.24) is 10.2 Å². The van der Waals surface area contributed by atoms with E-state index in [1.807, 2.05) is 29.2 Å². The number of fused-ring (bicyclic) bond motifs is 1. The second kappa shape index (κ2) is 6.91. The lowest BCUT2D eigenvalue weighted by Crippen LogP contribution is -2.41. The van der Waals surface area contributed by atoms with E-state index in [9.17, 15) is 9.59 Å². The van der Waals surface area contributed by atoms with Crippen LogP contribution in [-0.4, -0.2) is 59.8 Å². The Morgan fingerprint density at radius 2 is 2.22 bits per heavy atom. The quantitative estimate of drug-likeness (QED) is 0.800. The maximum Gasteiger partial charge on any atom is 0.317 e. The minimum Gasteiger partial charge on any atom is -0.480 e. The van der Waals surface area contributed by atoms with Gasteiger partial charge in [-0.25, -0.2) is 0 Å². The molecule has 6 nitrogen and oxygen atoms in total. The van der Waals surface area contributed by atoms with Crippen LogP contribution in [0, 0.1) is 11.8 Å². The van der Waals surface area contributed by atoms with Gasteiger partial charge in [0.25, 0.3) is 5.91 Å². The first-order chi connectivity index (χ1) is 12.9. The van der Waals surface area contributed by atoms with Gasteiger partial charge in [-0.2, -0.15) is 0 Å². The lowest BCUT2D eigenvalue weighted by atomic mass is 9.73. The smallest absolute Gasteiger partial charge is 0.317 e. The van der Waals surface area contributed by atoms with Gasteiger partial charge in [-0.05, 0) is 36.5 Å². The fraction of sp³-hybridized carbons (Fsp3) is 0.619. The zero-order valence-electron chi connectivity index (χ0n) is 16.0. The molecule has 0 aromatic heterocycles. The van der Waals surface area contributed by atoms with Crippen LogP contribution in [0.5, 0.6) is 0 Å². The van der Waals surface area contributed by atoms with Crippen LogP contribution in [0.3, 0.4) is 0 Å². The molecule has 1 amide bonds. The van der Waals surface area contributed by atoms with E-state index >= 15 is 0 Å². The van der Waals surface area contributed by atoms with Crippen molar-refractivity contribution in [3.8, 4) is 0 Å². The minimum absolute atomic E-state index is 0.0466. The molecule has 0 radical (unpaired) electrons. The Labute approximate surface area is 159 Å². The Hall–Kier alpha value is -1.92. The molecule has 1 spiro atoms. The summed E-state index contributed by atoms with van der Waals surface area (Å²) in [5, 5.41) is 12.2. The molecule has 0 aliphatic carbocycles. The van der Waals surface area contributed by atoms with Crippen molar-refractivity contribution < 1.29 is 19.4 Å². The molecule has 6 heteroatoms. The third-order valence-electron chi connectivity index (χ3n) is 6.53. The molecule has 4 atom stereocenters. The number of carboxylic acid groups (broad SMARTS) is 1. The first-order valence-corrected chi connectivity index (χ1v) is 9.88. The van der Waals surface area contributed by atoms with Crippen LogP contribution in [0.15, 0.2) is 24.3 Å². The van der Waals surface area contributed by atoms with Crippen LogP contribution in [0.2, 0.25) is 0 Å². The predicted molar refractivity (Wildman–Crippen MR) is 101 cm³/mol. The molecule has 2 N–H and O–H groups in total. The molecule has 4 rings (SSSR count). The highest BCUT2D eigenvalue weighted by Crippen LogP contribution is 2.54. The molecule has 27 heavy (non-hydrogen) atoms. The summed E-state index contributed by atoms with van der Waals surface area (Å²) in [6.07, 6.45) is 2.18. The number of nitrogens with one attached hydrogen (secondary N) is 1. The summed E-state index contributed by atoms with van der Waals surface area (Å²) >= 11 is 0. The van der Waals surface area contributed by atoms with Crippen LogP contribution in [0.4, 0.5) is 0 Å². The highest BCUT2D eigenvalue weighted by molar-refractivity contribution is 5.94. The van der Waals surface area contributed by atoms with Gasteiger partial charge in [0.05, 0.1) is 18.2 Å². The van der Waals surface area contributed by atoms with Gasteiger partial charge in [-0.3, -0.25) is 14.5 Å². The summed E-state index contributed by atoms with van der Waals surface area (Å²) in [6.45, 7) is 6.32. The largest absolute Gasteiger partial charge is 0.480 e. The van der Waals surface area contributed by atoms with E-state index in [-0.39, 0.29) is 30.1 Å². The third-order valence-corrected chi connectivity index (χ3v) is 6.53. The van der Waals surface area contributed by atoms with Gasteiger partial charge in [0.2, 0.25) is 0 Å². The number of aliphatic carboxylic acids is 1. The number of benzene rings is 1. The van der Waals surface area contributed by atoms with Crippen molar-refractivity contribution in [1.29, 1.82) is 0 Å². The summed E-state index contributed by atoms with van der Waals surface area (Å²) in [6, 6.07) is 7.79. The van der Waals surface area contributed by atoms with Crippen LogP contribution < -0.4 is 5.32 Å². The van der Waals surface area contributed by atoms with E-state index in [0.717, 1.165) is 24.9 Å². The second-order valence-corrected chi connectivity index (χ2v) is 8.58. The molecule has 1 aromatic carbocycles. The molecule has 146 valence electrons. The number of amides is 1. The van der Waals surface area contributed by atoms with E-state index in [1.165, 1.54) is 0 Å². The zero-order chi connectivity index (χ0) is 19.2. The van der Waals surface area contributed by atoms with Gasteiger partial charge in [0.1, 0.15) is 0 Å². The SMILES string of the molecule is CC(C)c1cccc(C(=O)NC[C@H]2[C@H]3CN(CC(=O)O)C[C@]34CC[C@H]2O4)c1. The third kappa shape index (κ3) is 3.36. The average molecular weight is 372 g/mol. The summed E-state index contributed by atoms with van der Waals surface area (Å²) in [7, 11) is 0. The Bertz CT molecular complexity index is 749. The molecule has 3 heterocycles. The monoisotopic (exact) mass is 372 g/mol. The maximum absolute atomic E-state index is 12.6. The van der Waals surface area contributed by atoms with Crippen molar-refractivity contribution in [3.05, 3.63) is 35.4 Å². The highest BCUT2D eigenvalue weighted by atomic mass is 16.5. The number of hydrogen-bond donors (Lipinski definition) is 2. The first kappa shape index (κ1) is 18.4. The lowest BCUT2D eigenvalue weighted by molar-refractivity contribution is -0.138. The molecule has 1 aromatic rings. The average Bonchev–Trinajstić information content (AvgIpc) is 3.27. The van der Waals surface area contributed by atoms with Gasteiger partial charge in [-0.15, -0.1) is 0 Å². The Morgan fingerprint density at radius 3 is 2.96 bits per heavy atom. The standard InChI is InChI=1S/C21H28N2O4/c1-13(2)14-4-3-5-15(8-14)20(26)22-9-16-17-10-23(11-19(24)25)12-21(17)7-6-18(16)27-21/h3-5,8,13,16-18H,6-7,9-12H2,1-2H3,(H,22,26)(H,24,25)/t16-,17+,18+,21+/m0/s1. The van der Waals surface area contributed by atoms with Crippen molar-refractivity contribution in [2.75, 3.05) is 26.2 Å². The summed E-state index contributed by atoms with van der Waals surface area (Å²) in [4.78, 5) is 25.7. The molecule has 3 aliphatic heterocycles. The number of carboxylic acids is 1. The zero-order valence-corrected chi connectivity index (χ0v) is 16.0. The Morgan fingerprint density at radius 1 is 1.41 bits per heavy atom. The van der Waals surface area contributed by atoms with Crippen LogP contribution >= 0.6 is 0 Å². The maximum atomic E-state index is 12.6. The predicted octanol–water partition coefficient (Wildman–Crippen LogP) is 2.10. The molecule has 3 fully saturated rings.